The average molecular weight is 284 g/mol. The van der Waals surface area contributed by atoms with E-state index in [1.807, 2.05) is 0 Å². The number of amides is 1. The molecular formula is C16H13FN2O2. The molecule has 0 unspecified atom stereocenters. The van der Waals surface area contributed by atoms with Crippen LogP contribution in [0, 0.1) is 24.6 Å². The molecule has 2 N–H and O–H groups in total. The van der Waals surface area contributed by atoms with Gasteiger partial charge in [0.25, 0.3) is 5.91 Å². The van der Waals surface area contributed by atoms with Crippen molar-refractivity contribution in [1.29, 1.82) is 0 Å². The second-order valence-corrected chi connectivity index (χ2v) is 4.23. The molecule has 0 atom stereocenters. The van der Waals surface area contributed by atoms with Crippen molar-refractivity contribution in [3.63, 3.8) is 0 Å². The maximum atomic E-state index is 13.5. The number of hydrogen-bond acceptors (Lipinski definition) is 3. The zero-order chi connectivity index (χ0) is 15.2. The number of halogens is 1. The van der Waals surface area contributed by atoms with Crippen LogP contribution in [0.4, 0.5) is 10.1 Å². The van der Waals surface area contributed by atoms with E-state index in [0.29, 0.717) is 16.8 Å². The second-order valence-electron chi connectivity index (χ2n) is 4.23. The van der Waals surface area contributed by atoms with E-state index in [2.05, 4.69) is 22.1 Å². The van der Waals surface area contributed by atoms with Crippen molar-refractivity contribution >= 4 is 11.6 Å². The molecule has 5 heteroatoms. The number of carbonyl (C=O) groups is 1. The van der Waals surface area contributed by atoms with Crippen LogP contribution in [0.2, 0.25) is 0 Å². The summed E-state index contributed by atoms with van der Waals surface area (Å²) >= 11 is 0. The van der Waals surface area contributed by atoms with E-state index in [1.165, 1.54) is 18.3 Å². The molecule has 0 saturated carbocycles. The Labute approximate surface area is 121 Å². The molecule has 0 saturated heterocycles. The molecule has 1 heterocycles. The highest BCUT2D eigenvalue weighted by Crippen LogP contribution is 2.18. The van der Waals surface area contributed by atoms with E-state index in [4.69, 9.17) is 5.11 Å². The van der Waals surface area contributed by atoms with Gasteiger partial charge in [-0.1, -0.05) is 17.9 Å². The van der Waals surface area contributed by atoms with Crippen LogP contribution in [0.5, 0.6) is 0 Å². The Morgan fingerprint density at radius 1 is 1.38 bits per heavy atom. The summed E-state index contributed by atoms with van der Waals surface area (Å²) in [6, 6.07) is 7.72. The summed E-state index contributed by atoms with van der Waals surface area (Å²) in [6.45, 7) is 1.27. The van der Waals surface area contributed by atoms with Gasteiger partial charge in [0.15, 0.2) is 0 Å². The number of hydrogen-bond donors (Lipinski definition) is 2. The van der Waals surface area contributed by atoms with E-state index >= 15 is 0 Å². The molecule has 1 aromatic carbocycles. The first-order valence-electron chi connectivity index (χ1n) is 6.24. The molecule has 0 spiro atoms. The standard InChI is InChI=1S/C16H13FN2O2/c1-11-13(17)7-2-8-14(11)19-16(21)15-12(6-4-10-20)5-3-9-18-15/h2-3,5,7-9,20H,10H2,1H3,(H,19,21). The Bertz CT molecular complexity index is 733. The van der Waals surface area contributed by atoms with Crippen molar-refractivity contribution in [3.8, 4) is 11.8 Å². The maximum Gasteiger partial charge on any atom is 0.275 e. The van der Waals surface area contributed by atoms with E-state index in [-0.39, 0.29) is 12.3 Å². The number of aromatic nitrogens is 1. The second kappa shape index (κ2) is 6.64. The minimum atomic E-state index is -0.480. The van der Waals surface area contributed by atoms with Crippen molar-refractivity contribution in [3.05, 3.63) is 59.2 Å². The Morgan fingerprint density at radius 2 is 2.19 bits per heavy atom. The lowest BCUT2D eigenvalue weighted by atomic mass is 10.1. The molecule has 0 aliphatic carbocycles. The molecule has 0 fully saturated rings. The largest absolute Gasteiger partial charge is 0.384 e. The predicted molar refractivity (Wildman–Crippen MR) is 77.3 cm³/mol. The summed E-state index contributed by atoms with van der Waals surface area (Å²) in [5.74, 6) is 4.25. The van der Waals surface area contributed by atoms with Gasteiger partial charge in [-0.3, -0.25) is 4.79 Å². The number of anilines is 1. The number of benzene rings is 1. The monoisotopic (exact) mass is 284 g/mol. The number of rotatable bonds is 2. The lowest BCUT2D eigenvalue weighted by Crippen LogP contribution is -2.16. The molecule has 0 aliphatic heterocycles. The van der Waals surface area contributed by atoms with Gasteiger partial charge in [-0.15, -0.1) is 0 Å². The van der Waals surface area contributed by atoms with Gasteiger partial charge in [0.05, 0.1) is 5.56 Å². The number of carbonyl (C=O) groups excluding carboxylic acids is 1. The fraction of sp³-hybridized carbons (Fsp3) is 0.125. The van der Waals surface area contributed by atoms with E-state index in [9.17, 15) is 9.18 Å². The predicted octanol–water partition coefficient (Wildman–Crippen LogP) is 2.13. The Hall–Kier alpha value is -2.71. The zero-order valence-corrected chi connectivity index (χ0v) is 11.4. The van der Waals surface area contributed by atoms with E-state index in [0.717, 1.165) is 0 Å². The lowest BCUT2D eigenvalue weighted by molar-refractivity contribution is 0.102. The van der Waals surface area contributed by atoms with Gasteiger partial charge in [-0.2, -0.15) is 0 Å². The first-order valence-corrected chi connectivity index (χ1v) is 6.24. The third-order valence-electron chi connectivity index (χ3n) is 2.84. The number of pyridine rings is 1. The fourth-order valence-electron chi connectivity index (χ4n) is 1.75. The summed E-state index contributed by atoms with van der Waals surface area (Å²) in [6.07, 6.45) is 1.47. The normalized spacial score (nSPS) is 9.67. The highest BCUT2D eigenvalue weighted by Gasteiger charge is 2.13. The van der Waals surface area contributed by atoms with Crippen molar-refractivity contribution in [2.24, 2.45) is 0 Å². The first kappa shape index (κ1) is 14.7. The van der Waals surface area contributed by atoms with Crippen molar-refractivity contribution in [2.75, 3.05) is 11.9 Å². The molecule has 1 amide bonds. The van der Waals surface area contributed by atoms with Crippen LogP contribution >= 0.6 is 0 Å². The number of aliphatic hydroxyl groups excluding tert-OH is 1. The topological polar surface area (TPSA) is 62.2 Å². The number of nitrogens with zero attached hydrogens (tertiary/aromatic N) is 1. The van der Waals surface area contributed by atoms with Gasteiger partial charge in [-0.05, 0) is 31.2 Å². The van der Waals surface area contributed by atoms with Crippen LogP contribution in [0.25, 0.3) is 0 Å². The van der Waals surface area contributed by atoms with Crippen LogP contribution in [0.1, 0.15) is 21.6 Å². The van der Waals surface area contributed by atoms with E-state index in [1.54, 1.807) is 25.1 Å². The molecule has 0 radical (unpaired) electrons. The van der Waals surface area contributed by atoms with Crippen LogP contribution < -0.4 is 5.32 Å². The molecule has 2 aromatic rings. The SMILES string of the molecule is Cc1c(F)cccc1NC(=O)c1ncccc1C#CCO. The maximum absolute atomic E-state index is 13.5. The number of aliphatic hydroxyl groups is 1. The summed E-state index contributed by atoms with van der Waals surface area (Å²) < 4.78 is 13.5. The van der Waals surface area contributed by atoms with Crippen molar-refractivity contribution in [2.45, 2.75) is 6.92 Å². The quantitative estimate of drug-likeness (QED) is 0.830. The molecule has 1 aromatic heterocycles. The molecule has 0 bridgehead atoms. The molecule has 4 nitrogen and oxygen atoms in total. The van der Waals surface area contributed by atoms with Crippen LogP contribution in [0.15, 0.2) is 36.5 Å². The minimum absolute atomic E-state index is 0.127. The molecular weight excluding hydrogens is 271 g/mol. The zero-order valence-electron chi connectivity index (χ0n) is 11.4. The van der Waals surface area contributed by atoms with Gasteiger partial charge in [0.1, 0.15) is 18.1 Å². The Morgan fingerprint density at radius 3 is 2.95 bits per heavy atom. The summed E-state index contributed by atoms with van der Waals surface area (Å²) in [5.41, 5.74) is 1.26. The number of nitrogens with one attached hydrogen (secondary N) is 1. The van der Waals surface area contributed by atoms with Crippen LogP contribution in [0.3, 0.4) is 0 Å². The lowest BCUT2D eigenvalue weighted by Gasteiger charge is -2.09. The first-order chi connectivity index (χ1) is 10.1. The van der Waals surface area contributed by atoms with Crippen LogP contribution in [-0.4, -0.2) is 22.6 Å². The highest BCUT2D eigenvalue weighted by atomic mass is 19.1. The Balaban J connectivity index is 2.31. The third kappa shape index (κ3) is 3.44. The summed E-state index contributed by atoms with van der Waals surface area (Å²) in [7, 11) is 0. The molecule has 106 valence electrons. The average Bonchev–Trinajstić information content (AvgIpc) is 2.50. The van der Waals surface area contributed by atoms with Gasteiger partial charge >= 0.3 is 0 Å². The van der Waals surface area contributed by atoms with Gasteiger partial charge in [-0.25, -0.2) is 9.37 Å². The molecule has 2 rings (SSSR count). The molecule has 21 heavy (non-hydrogen) atoms. The fourth-order valence-corrected chi connectivity index (χ4v) is 1.75. The van der Waals surface area contributed by atoms with Crippen LogP contribution in [-0.2, 0) is 0 Å². The van der Waals surface area contributed by atoms with Gasteiger partial charge in [0, 0.05) is 17.4 Å². The van der Waals surface area contributed by atoms with E-state index < -0.39 is 11.7 Å². The summed E-state index contributed by atoms with van der Waals surface area (Å²) in [4.78, 5) is 16.2. The smallest absolute Gasteiger partial charge is 0.275 e. The van der Waals surface area contributed by atoms with Gasteiger partial charge < -0.3 is 10.4 Å². The third-order valence-corrected chi connectivity index (χ3v) is 2.84. The Kier molecular flexibility index (Phi) is 4.64. The molecule has 0 aliphatic rings. The van der Waals surface area contributed by atoms with Gasteiger partial charge in [0.2, 0.25) is 0 Å². The summed E-state index contributed by atoms with van der Waals surface area (Å²) in [5, 5.41) is 11.3. The highest BCUT2D eigenvalue weighted by molar-refractivity contribution is 6.04. The van der Waals surface area contributed by atoms with Crippen molar-refractivity contribution < 1.29 is 14.3 Å². The van der Waals surface area contributed by atoms with Crippen molar-refractivity contribution in [1.82, 2.24) is 4.98 Å². The minimum Gasteiger partial charge on any atom is -0.384 e.